The van der Waals surface area contributed by atoms with Crippen LogP contribution in [-0.4, -0.2) is 29.7 Å². The van der Waals surface area contributed by atoms with Crippen LogP contribution in [0.3, 0.4) is 0 Å². The third-order valence-corrected chi connectivity index (χ3v) is 4.36. The smallest absolute Gasteiger partial charge is 0.307 e. The molecule has 0 fully saturated rings. The first-order valence-corrected chi connectivity index (χ1v) is 9.18. The fraction of sp³-hybridized carbons (Fsp3) is 0.273. The molecule has 2 rings (SSSR count). The summed E-state index contributed by atoms with van der Waals surface area (Å²) in [5.74, 6) is -1.86. The molecule has 152 valence electrons. The second-order valence-electron chi connectivity index (χ2n) is 6.80. The van der Waals surface area contributed by atoms with Gasteiger partial charge in [-0.3, -0.25) is 19.2 Å². The Hall–Kier alpha value is -3.48. The van der Waals surface area contributed by atoms with Crippen molar-refractivity contribution in [3.05, 3.63) is 64.7 Å². The summed E-state index contributed by atoms with van der Waals surface area (Å²) in [6.45, 7) is 5.18. The number of nitrogens with two attached hydrogens (primary N) is 1. The second kappa shape index (κ2) is 9.64. The number of benzene rings is 2. The fourth-order valence-electron chi connectivity index (χ4n) is 2.66. The maximum atomic E-state index is 12.3. The van der Waals surface area contributed by atoms with E-state index in [4.69, 9.17) is 10.5 Å². The van der Waals surface area contributed by atoms with E-state index < -0.39 is 23.9 Å². The highest BCUT2D eigenvalue weighted by molar-refractivity contribution is 5.99. The van der Waals surface area contributed by atoms with Gasteiger partial charge in [0.1, 0.15) is 0 Å². The Morgan fingerprint density at radius 1 is 1.00 bits per heavy atom. The Morgan fingerprint density at radius 2 is 1.66 bits per heavy atom. The van der Waals surface area contributed by atoms with E-state index in [0.29, 0.717) is 16.8 Å². The molecule has 0 spiro atoms. The van der Waals surface area contributed by atoms with Gasteiger partial charge in [-0.05, 0) is 56.7 Å². The molecule has 0 aliphatic heterocycles. The Morgan fingerprint density at radius 3 is 2.28 bits per heavy atom. The van der Waals surface area contributed by atoms with E-state index in [0.717, 1.165) is 11.1 Å². The number of ketones is 1. The van der Waals surface area contributed by atoms with E-state index in [-0.39, 0.29) is 18.6 Å². The standard InChI is InChI=1S/C22H24N2O5/c1-13-4-5-14(2)18(12-13)19(25)10-11-20(26)29-15(3)22(28)24-17-8-6-16(7-9-17)21(23)27/h4-9,12,15H,10-11H2,1-3H3,(H2,23,27)(H,24,28). The van der Waals surface area contributed by atoms with Crippen LogP contribution in [-0.2, 0) is 14.3 Å². The van der Waals surface area contributed by atoms with Gasteiger partial charge in [0, 0.05) is 23.2 Å². The number of esters is 1. The van der Waals surface area contributed by atoms with Gasteiger partial charge >= 0.3 is 5.97 Å². The Labute approximate surface area is 169 Å². The van der Waals surface area contributed by atoms with Gasteiger partial charge in [-0.15, -0.1) is 0 Å². The fourth-order valence-corrected chi connectivity index (χ4v) is 2.66. The van der Waals surface area contributed by atoms with Crippen molar-refractivity contribution in [3.63, 3.8) is 0 Å². The number of hydrogen-bond acceptors (Lipinski definition) is 5. The van der Waals surface area contributed by atoms with Crippen LogP contribution in [0.15, 0.2) is 42.5 Å². The number of anilines is 1. The second-order valence-corrected chi connectivity index (χ2v) is 6.80. The van der Waals surface area contributed by atoms with E-state index in [1.165, 1.54) is 31.2 Å². The molecule has 1 atom stereocenters. The SMILES string of the molecule is Cc1ccc(C)c(C(=O)CCC(=O)OC(C)C(=O)Nc2ccc(C(N)=O)cc2)c1. The van der Waals surface area contributed by atoms with Crippen LogP contribution in [0.25, 0.3) is 0 Å². The molecule has 0 aliphatic rings. The lowest BCUT2D eigenvalue weighted by atomic mass is 9.99. The molecule has 2 aromatic carbocycles. The third kappa shape index (κ3) is 6.27. The van der Waals surface area contributed by atoms with Crippen LogP contribution in [0.1, 0.15) is 51.6 Å². The van der Waals surface area contributed by atoms with Gasteiger partial charge < -0.3 is 15.8 Å². The summed E-state index contributed by atoms with van der Waals surface area (Å²) in [4.78, 5) is 47.6. The summed E-state index contributed by atoms with van der Waals surface area (Å²) in [6.07, 6.45) is -1.14. The minimum atomic E-state index is -1.03. The molecule has 1 unspecified atom stereocenters. The molecule has 0 saturated carbocycles. The van der Waals surface area contributed by atoms with E-state index in [1.807, 2.05) is 26.0 Å². The molecule has 0 aromatic heterocycles. The highest BCUT2D eigenvalue weighted by Gasteiger charge is 2.19. The predicted molar refractivity (Wildman–Crippen MR) is 109 cm³/mol. The van der Waals surface area contributed by atoms with Crippen molar-refractivity contribution in [1.29, 1.82) is 0 Å². The lowest BCUT2D eigenvalue weighted by Crippen LogP contribution is -2.30. The molecule has 3 N–H and O–H groups in total. The highest BCUT2D eigenvalue weighted by Crippen LogP contribution is 2.15. The minimum absolute atomic E-state index is 0.00600. The summed E-state index contributed by atoms with van der Waals surface area (Å²) >= 11 is 0. The third-order valence-electron chi connectivity index (χ3n) is 4.36. The summed E-state index contributed by atoms with van der Waals surface area (Å²) in [5.41, 5.74) is 8.32. The monoisotopic (exact) mass is 396 g/mol. The number of Topliss-reactive ketones (excluding diaryl/α,β-unsaturated/α-hetero) is 1. The van der Waals surface area contributed by atoms with Crippen molar-refractivity contribution in [2.45, 2.75) is 39.7 Å². The van der Waals surface area contributed by atoms with Crippen molar-refractivity contribution in [1.82, 2.24) is 0 Å². The number of hydrogen-bond donors (Lipinski definition) is 2. The first-order valence-electron chi connectivity index (χ1n) is 9.18. The summed E-state index contributed by atoms with van der Waals surface area (Å²) in [6, 6.07) is 11.6. The van der Waals surface area contributed by atoms with Gasteiger partial charge in [0.05, 0.1) is 6.42 Å². The molecule has 0 radical (unpaired) electrons. The molecule has 0 aliphatic carbocycles. The van der Waals surface area contributed by atoms with Gasteiger partial charge in [-0.1, -0.05) is 17.7 Å². The number of carbonyl (C=O) groups is 4. The first-order chi connectivity index (χ1) is 13.7. The normalized spacial score (nSPS) is 11.4. The van der Waals surface area contributed by atoms with E-state index in [1.54, 1.807) is 6.07 Å². The summed E-state index contributed by atoms with van der Waals surface area (Å²) in [5, 5.41) is 2.58. The molecule has 2 amide bonds. The molecule has 0 heterocycles. The van der Waals surface area contributed by atoms with Crippen molar-refractivity contribution < 1.29 is 23.9 Å². The van der Waals surface area contributed by atoms with E-state index >= 15 is 0 Å². The van der Waals surface area contributed by atoms with Crippen molar-refractivity contribution in [2.24, 2.45) is 5.73 Å². The molecule has 29 heavy (non-hydrogen) atoms. The van der Waals surface area contributed by atoms with Crippen LogP contribution < -0.4 is 11.1 Å². The topological polar surface area (TPSA) is 116 Å². The highest BCUT2D eigenvalue weighted by atomic mass is 16.5. The van der Waals surface area contributed by atoms with Crippen LogP contribution in [0.4, 0.5) is 5.69 Å². The molecule has 0 saturated heterocycles. The number of amides is 2. The molecular weight excluding hydrogens is 372 g/mol. The maximum absolute atomic E-state index is 12.3. The lowest BCUT2D eigenvalue weighted by molar-refractivity contribution is -0.153. The van der Waals surface area contributed by atoms with Crippen molar-refractivity contribution >= 4 is 29.3 Å². The number of carbonyl (C=O) groups excluding carboxylic acids is 4. The summed E-state index contributed by atoms with van der Waals surface area (Å²) in [7, 11) is 0. The quantitative estimate of drug-likeness (QED) is 0.526. The Bertz CT molecular complexity index is 935. The first kappa shape index (κ1) is 21.8. The predicted octanol–water partition coefficient (Wildman–Crippen LogP) is 2.94. The Balaban J connectivity index is 1.84. The van der Waals surface area contributed by atoms with Gasteiger partial charge in [0.15, 0.2) is 11.9 Å². The average molecular weight is 396 g/mol. The number of primary amides is 1. The van der Waals surface area contributed by atoms with Crippen LogP contribution >= 0.6 is 0 Å². The largest absolute Gasteiger partial charge is 0.453 e. The zero-order chi connectivity index (χ0) is 21.6. The van der Waals surface area contributed by atoms with E-state index in [9.17, 15) is 19.2 Å². The number of rotatable bonds is 8. The number of nitrogens with one attached hydrogen (secondary N) is 1. The Kier molecular flexibility index (Phi) is 7.25. The van der Waals surface area contributed by atoms with Gasteiger partial charge in [0.2, 0.25) is 5.91 Å². The van der Waals surface area contributed by atoms with Crippen molar-refractivity contribution in [2.75, 3.05) is 5.32 Å². The van der Waals surface area contributed by atoms with Crippen LogP contribution in [0.2, 0.25) is 0 Å². The average Bonchev–Trinajstić information content (AvgIpc) is 2.68. The van der Waals surface area contributed by atoms with Gasteiger partial charge in [-0.25, -0.2) is 0 Å². The zero-order valence-corrected chi connectivity index (χ0v) is 16.7. The molecule has 2 aromatic rings. The number of ether oxygens (including phenoxy) is 1. The number of aryl methyl sites for hydroxylation is 2. The van der Waals surface area contributed by atoms with Crippen LogP contribution in [0.5, 0.6) is 0 Å². The molecule has 7 nitrogen and oxygen atoms in total. The minimum Gasteiger partial charge on any atom is -0.453 e. The molecular formula is C22H24N2O5. The van der Waals surface area contributed by atoms with Crippen LogP contribution in [0, 0.1) is 13.8 Å². The lowest BCUT2D eigenvalue weighted by Gasteiger charge is -2.14. The van der Waals surface area contributed by atoms with Crippen molar-refractivity contribution in [3.8, 4) is 0 Å². The molecule has 7 heteroatoms. The van der Waals surface area contributed by atoms with E-state index in [2.05, 4.69) is 5.32 Å². The van der Waals surface area contributed by atoms with Gasteiger partial charge in [0.25, 0.3) is 5.91 Å². The van der Waals surface area contributed by atoms with Gasteiger partial charge in [-0.2, -0.15) is 0 Å². The molecule has 0 bridgehead atoms. The zero-order valence-electron chi connectivity index (χ0n) is 16.7. The summed E-state index contributed by atoms with van der Waals surface area (Å²) < 4.78 is 5.11. The maximum Gasteiger partial charge on any atom is 0.307 e.